The van der Waals surface area contributed by atoms with Gasteiger partial charge in [0.1, 0.15) is 0 Å². The molecule has 0 aromatic heterocycles. The van der Waals surface area contributed by atoms with Gasteiger partial charge in [-0.15, -0.1) is 0 Å². The summed E-state index contributed by atoms with van der Waals surface area (Å²) in [5, 5.41) is 22.3. The van der Waals surface area contributed by atoms with E-state index < -0.39 is 5.60 Å². The van der Waals surface area contributed by atoms with Gasteiger partial charge >= 0.3 is 0 Å². The molecule has 1 saturated heterocycles. The minimum Gasteiger partial charge on any atom is -0.411 e. The number of oxime groups is 1. The Balaban J connectivity index is 2.53. The summed E-state index contributed by atoms with van der Waals surface area (Å²) in [5.74, 6) is 0.525. The maximum Gasteiger partial charge on any atom is 0.0768 e. The van der Waals surface area contributed by atoms with Gasteiger partial charge in [0.25, 0.3) is 0 Å². The van der Waals surface area contributed by atoms with Gasteiger partial charge in [-0.05, 0) is 12.8 Å². The summed E-state index contributed by atoms with van der Waals surface area (Å²) in [5.41, 5.74) is 0.230. The number of piperidine rings is 1. The van der Waals surface area contributed by atoms with Gasteiger partial charge in [-0.25, -0.2) is 0 Å². The summed E-state index contributed by atoms with van der Waals surface area (Å²) in [4.78, 5) is 2.25. The van der Waals surface area contributed by atoms with Crippen LogP contribution in [0.2, 0.25) is 0 Å². The lowest BCUT2D eigenvalue weighted by molar-refractivity contribution is -0.0213. The lowest BCUT2D eigenvalue weighted by atomic mass is 9.90. The second-order valence-corrected chi connectivity index (χ2v) is 5.49. The smallest absolute Gasteiger partial charge is 0.0768 e. The van der Waals surface area contributed by atoms with Crippen molar-refractivity contribution in [1.29, 1.82) is 0 Å². The van der Waals surface area contributed by atoms with Gasteiger partial charge in [-0.3, -0.25) is 4.90 Å². The second-order valence-electron chi connectivity index (χ2n) is 5.49. The maximum absolute atomic E-state index is 10.2. The van der Waals surface area contributed by atoms with Crippen molar-refractivity contribution in [3.8, 4) is 0 Å². The lowest BCUT2D eigenvalue weighted by Crippen LogP contribution is -2.49. The third-order valence-electron chi connectivity index (χ3n) is 3.70. The first-order chi connectivity index (χ1) is 7.36. The Labute approximate surface area is 97.9 Å². The van der Waals surface area contributed by atoms with Gasteiger partial charge in [0, 0.05) is 32.0 Å². The number of aliphatic hydroxyl groups is 1. The van der Waals surface area contributed by atoms with Crippen LogP contribution in [0.25, 0.3) is 0 Å². The number of hydrogen-bond donors (Lipinski definition) is 2. The predicted octanol–water partition coefficient (Wildman–Crippen LogP) is 1.57. The minimum absolute atomic E-state index is 0.246. The van der Waals surface area contributed by atoms with Crippen LogP contribution in [0.1, 0.15) is 34.1 Å². The molecule has 2 atom stereocenters. The molecule has 2 unspecified atom stereocenters. The summed E-state index contributed by atoms with van der Waals surface area (Å²) in [6.45, 7) is 10.4. The molecule has 2 N–H and O–H groups in total. The molecule has 4 heteroatoms. The summed E-state index contributed by atoms with van der Waals surface area (Å²) in [7, 11) is 0. The van der Waals surface area contributed by atoms with Crippen LogP contribution < -0.4 is 0 Å². The molecule has 1 rings (SSSR count). The van der Waals surface area contributed by atoms with Crippen molar-refractivity contribution in [3.63, 3.8) is 0 Å². The van der Waals surface area contributed by atoms with Crippen molar-refractivity contribution in [3.05, 3.63) is 0 Å². The largest absolute Gasteiger partial charge is 0.411 e. The van der Waals surface area contributed by atoms with E-state index in [1.54, 1.807) is 0 Å². The molecule has 0 spiro atoms. The SMILES string of the molecule is CC1CN(CC(C)(O)C(C)C)CCC1=NO. The lowest BCUT2D eigenvalue weighted by Gasteiger charge is -2.38. The van der Waals surface area contributed by atoms with E-state index >= 15 is 0 Å². The Hall–Kier alpha value is -0.610. The van der Waals surface area contributed by atoms with E-state index in [1.807, 2.05) is 20.8 Å². The zero-order valence-electron chi connectivity index (χ0n) is 10.8. The Kier molecular flexibility index (Phi) is 4.33. The monoisotopic (exact) mass is 228 g/mol. The van der Waals surface area contributed by atoms with E-state index in [0.29, 0.717) is 6.54 Å². The summed E-state index contributed by atoms with van der Waals surface area (Å²) >= 11 is 0. The highest BCUT2D eigenvalue weighted by Gasteiger charge is 2.31. The van der Waals surface area contributed by atoms with E-state index in [9.17, 15) is 5.11 Å². The molecule has 1 aliphatic rings. The van der Waals surface area contributed by atoms with Crippen LogP contribution in [-0.4, -0.2) is 46.2 Å². The molecule has 1 fully saturated rings. The number of nitrogens with zero attached hydrogens (tertiary/aromatic N) is 2. The molecular formula is C12H24N2O2. The van der Waals surface area contributed by atoms with E-state index in [-0.39, 0.29) is 11.8 Å². The number of hydrogen-bond acceptors (Lipinski definition) is 4. The first-order valence-electron chi connectivity index (χ1n) is 6.02. The fraction of sp³-hybridized carbons (Fsp3) is 0.917. The molecule has 0 bridgehead atoms. The Morgan fingerprint density at radius 1 is 1.56 bits per heavy atom. The summed E-state index contributed by atoms with van der Waals surface area (Å²) in [6.07, 6.45) is 0.797. The third kappa shape index (κ3) is 3.19. The molecular weight excluding hydrogens is 204 g/mol. The molecule has 0 saturated carbocycles. The average molecular weight is 228 g/mol. The maximum atomic E-state index is 10.2. The number of rotatable bonds is 3. The van der Waals surface area contributed by atoms with Crippen LogP contribution >= 0.6 is 0 Å². The van der Waals surface area contributed by atoms with Gasteiger partial charge in [-0.2, -0.15) is 0 Å². The summed E-state index contributed by atoms with van der Waals surface area (Å²) < 4.78 is 0. The molecule has 94 valence electrons. The molecule has 0 aromatic rings. The van der Waals surface area contributed by atoms with Gasteiger partial charge in [0.15, 0.2) is 0 Å². The van der Waals surface area contributed by atoms with E-state index in [4.69, 9.17) is 5.21 Å². The highest BCUT2D eigenvalue weighted by molar-refractivity contribution is 5.86. The Morgan fingerprint density at radius 3 is 2.62 bits per heavy atom. The zero-order chi connectivity index (χ0) is 12.3. The standard InChI is InChI=1S/C12H24N2O2/c1-9(2)12(4,15)8-14-6-5-11(13-16)10(3)7-14/h9-10,15-16H,5-8H2,1-4H3. The van der Waals surface area contributed by atoms with Crippen molar-refractivity contribution >= 4 is 5.71 Å². The Bertz CT molecular complexity index is 262. The molecule has 1 aliphatic heterocycles. The van der Waals surface area contributed by atoms with E-state index in [1.165, 1.54) is 0 Å². The van der Waals surface area contributed by atoms with Crippen LogP contribution in [0.3, 0.4) is 0 Å². The normalized spacial score (nSPS) is 29.6. The van der Waals surface area contributed by atoms with Crippen LogP contribution in [0.15, 0.2) is 5.16 Å². The van der Waals surface area contributed by atoms with E-state index in [0.717, 1.165) is 25.2 Å². The average Bonchev–Trinajstić information content (AvgIpc) is 2.17. The van der Waals surface area contributed by atoms with Gasteiger partial charge in [0.2, 0.25) is 0 Å². The molecule has 4 nitrogen and oxygen atoms in total. The minimum atomic E-state index is -0.645. The van der Waals surface area contributed by atoms with Crippen LogP contribution in [0, 0.1) is 11.8 Å². The molecule has 0 amide bonds. The van der Waals surface area contributed by atoms with Gasteiger partial charge in [0.05, 0.1) is 11.3 Å². The quantitative estimate of drug-likeness (QED) is 0.569. The Morgan fingerprint density at radius 2 is 2.19 bits per heavy atom. The fourth-order valence-corrected chi connectivity index (χ4v) is 2.03. The molecule has 0 aromatic carbocycles. The highest BCUT2D eigenvalue weighted by Crippen LogP contribution is 2.21. The molecule has 0 aliphatic carbocycles. The van der Waals surface area contributed by atoms with E-state index in [2.05, 4.69) is 17.0 Å². The molecule has 0 radical (unpaired) electrons. The van der Waals surface area contributed by atoms with Crippen LogP contribution in [-0.2, 0) is 0 Å². The number of likely N-dealkylation sites (tertiary alicyclic amines) is 1. The number of β-amino-alcohol motifs (C(OH)–C–C–N with tert-alkyl or cyclic N) is 1. The van der Waals surface area contributed by atoms with Crippen molar-refractivity contribution in [2.45, 2.75) is 39.7 Å². The van der Waals surface area contributed by atoms with Crippen LogP contribution in [0.5, 0.6) is 0 Å². The van der Waals surface area contributed by atoms with Gasteiger partial charge in [-0.1, -0.05) is 25.9 Å². The second kappa shape index (κ2) is 5.15. The van der Waals surface area contributed by atoms with Crippen molar-refractivity contribution in [2.24, 2.45) is 17.0 Å². The highest BCUT2D eigenvalue weighted by atomic mass is 16.4. The summed E-state index contributed by atoms with van der Waals surface area (Å²) in [6, 6.07) is 0. The van der Waals surface area contributed by atoms with Crippen molar-refractivity contribution < 1.29 is 10.3 Å². The van der Waals surface area contributed by atoms with Crippen molar-refractivity contribution in [2.75, 3.05) is 19.6 Å². The first-order valence-corrected chi connectivity index (χ1v) is 6.02. The fourth-order valence-electron chi connectivity index (χ4n) is 2.03. The van der Waals surface area contributed by atoms with Gasteiger partial charge < -0.3 is 10.3 Å². The first kappa shape index (κ1) is 13.5. The third-order valence-corrected chi connectivity index (χ3v) is 3.70. The molecule has 1 heterocycles. The van der Waals surface area contributed by atoms with Crippen LogP contribution in [0.4, 0.5) is 0 Å². The molecule has 16 heavy (non-hydrogen) atoms. The topological polar surface area (TPSA) is 56.1 Å². The zero-order valence-corrected chi connectivity index (χ0v) is 10.8. The predicted molar refractivity (Wildman–Crippen MR) is 64.9 cm³/mol. The van der Waals surface area contributed by atoms with Crippen molar-refractivity contribution in [1.82, 2.24) is 4.90 Å².